The van der Waals surface area contributed by atoms with Crippen molar-refractivity contribution in [2.24, 2.45) is 0 Å². The summed E-state index contributed by atoms with van der Waals surface area (Å²) in [6.07, 6.45) is 2.24. The number of aromatic nitrogens is 1. The Morgan fingerprint density at radius 3 is 2.86 bits per heavy atom. The molecular formula is C14H21N3O2S2. The van der Waals surface area contributed by atoms with Crippen molar-refractivity contribution in [1.82, 2.24) is 15.0 Å². The van der Waals surface area contributed by atoms with Gasteiger partial charge in [-0.25, -0.2) is 13.1 Å². The standard InChI is InChI=1S/C14H21N3O2S2/c1-11(2)15-8-13-7-14(9-16-13)21(18,19)17-5-3-12-4-6-20-10-12/h4,6-7,9-11,15-17H,3,5,8H2,1-2H3. The van der Waals surface area contributed by atoms with Crippen LogP contribution >= 0.6 is 11.3 Å². The molecule has 5 nitrogen and oxygen atoms in total. The van der Waals surface area contributed by atoms with Gasteiger partial charge in [-0.2, -0.15) is 11.3 Å². The molecule has 3 N–H and O–H groups in total. The van der Waals surface area contributed by atoms with Crippen LogP contribution in [0.2, 0.25) is 0 Å². The number of H-pyrrole nitrogens is 1. The van der Waals surface area contributed by atoms with Crippen LogP contribution in [0.3, 0.4) is 0 Å². The fourth-order valence-corrected chi connectivity index (χ4v) is 3.59. The van der Waals surface area contributed by atoms with E-state index in [1.165, 1.54) is 6.20 Å². The third kappa shape index (κ3) is 4.96. The third-order valence-corrected chi connectivity index (χ3v) is 5.19. The zero-order valence-corrected chi connectivity index (χ0v) is 13.9. The Morgan fingerprint density at radius 1 is 1.38 bits per heavy atom. The van der Waals surface area contributed by atoms with E-state index in [1.807, 2.05) is 30.7 Å². The monoisotopic (exact) mass is 327 g/mol. The van der Waals surface area contributed by atoms with Crippen molar-refractivity contribution < 1.29 is 8.42 Å². The SMILES string of the molecule is CC(C)NCc1cc(S(=O)(=O)NCCc2ccsc2)c[nH]1. The van der Waals surface area contributed by atoms with E-state index < -0.39 is 10.0 Å². The molecule has 2 rings (SSSR count). The van der Waals surface area contributed by atoms with Crippen molar-refractivity contribution in [3.63, 3.8) is 0 Å². The summed E-state index contributed by atoms with van der Waals surface area (Å²) in [4.78, 5) is 3.28. The van der Waals surface area contributed by atoms with Gasteiger partial charge in [0.15, 0.2) is 0 Å². The van der Waals surface area contributed by atoms with Crippen LogP contribution in [0.5, 0.6) is 0 Å². The van der Waals surface area contributed by atoms with Crippen LogP contribution in [0.4, 0.5) is 0 Å². The summed E-state index contributed by atoms with van der Waals surface area (Å²) in [5.74, 6) is 0. The fraction of sp³-hybridized carbons (Fsp3) is 0.429. The van der Waals surface area contributed by atoms with Crippen LogP contribution in [0.1, 0.15) is 25.1 Å². The van der Waals surface area contributed by atoms with Gasteiger partial charge in [-0.1, -0.05) is 13.8 Å². The molecule has 0 saturated carbocycles. The predicted molar refractivity (Wildman–Crippen MR) is 86.0 cm³/mol. The molecule has 0 bridgehead atoms. The molecule has 0 radical (unpaired) electrons. The van der Waals surface area contributed by atoms with E-state index in [1.54, 1.807) is 17.4 Å². The Balaban J connectivity index is 1.89. The number of rotatable bonds is 8. The van der Waals surface area contributed by atoms with E-state index in [0.29, 0.717) is 25.6 Å². The highest BCUT2D eigenvalue weighted by Gasteiger charge is 2.15. The molecule has 0 spiro atoms. The quantitative estimate of drug-likeness (QED) is 0.695. The molecule has 2 aromatic rings. The normalized spacial score (nSPS) is 12.1. The van der Waals surface area contributed by atoms with E-state index in [4.69, 9.17) is 0 Å². The zero-order chi connectivity index (χ0) is 15.3. The lowest BCUT2D eigenvalue weighted by Crippen LogP contribution is -2.25. The molecule has 0 unspecified atom stereocenters. The molecule has 0 fully saturated rings. The van der Waals surface area contributed by atoms with E-state index >= 15 is 0 Å². The largest absolute Gasteiger partial charge is 0.363 e. The molecule has 0 aliphatic carbocycles. The second kappa shape index (κ2) is 7.22. The number of hydrogen-bond donors (Lipinski definition) is 3. The van der Waals surface area contributed by atoms with Gasteiger partial charge in [-0.05, 0) is 34.9 Å². The van der Waals surface area contributed by atoms with Gasteiger partial charge in [0.25, 0.3) is 0 Å². The number of nitrogens with one attached hydrogen (secondary N) is 3. The first-order chi connectivity index (χ1) is 9.97. The average Bonchev–Trinajstić information content (AvgIpc) is 3.07. The number of hydrogen-bond acceptors (Lipinski definition) is 4. The van der Waals surface area contributed by atoms with Crippen LogP contribution in [0, 0.1) is 0 Å². The van der Waals surface area contributed by atoms with Crippen LogP contribution in [-0.4, -0.2) is 26.0 Å². The first-order valence-electron chi connectivity index (χ1n) is 6.89. The van der Waals surface area contributed by atoms with Crippen molar-refractivity contribution in [3.8, 4) is 0 Å². The summed E-state index contributed by atoms with van der Waals surface area (Å²) < 4.78 is 27.0. The smallest absolute Gasteiger partial charge is 0.242 e. The van der Waals surface area contributed by atoms with E-state index in [9.17, 15) is 8.42 Å². The van der Waals surface area contributed by atoms with Crippen molar-refractivity contribution in [3.05, 3.63) is 40.3 Å². The zero-order valence-electron chi connectivity index (χ0n) is 12.2. The van der Waals surface area contributed by atoms with Crippen molar-refractivity contribution in [2.75, 3.05) is 6.54 Å². The molecule has 0 aliphatic heterocycles. The molecule has 21 heavy (non-hydrogen) atoms. The maximum absolute atomic E-state index is 12.2. The van der Waals surface area contributed by atoms with Gasteiger partial charge >= 0.3 is 0 Å². The molecule has 0 atom stereocenters. The Labute approximate surface area is 129 Å². The Morgan fingerprint density at radius 2 is 2.19 bits per heavy atom. The first kappa shape index (κ1) is 16.2. The molecule has 0 saturated heterocycles. The van der Waals surface area contributed by atoms with Crippen LogP contribution < -0.4 is 10.0 Å². The highest BCUT2D eigenvalue weighted by atomic mass is 32.2. The number of thiophene rings is 1. The van der Waals surface area contributed by atoms with Gasteiger partial charge in [0.2, 0.25) is 10.0 Å². The van der Waals surface area contributed by atoms with Crippen molar-refractivity contribution in [2.45, 2.75) is 37.8 Å². The van der Waals surface area contributed by atoms with Gasteiger partial charge in [-0.3, -0.25) is 0 Å². The summed E-state index contributed by atoms with van der Waals surface area (Å²) in [7, 11) is -3.44. The molecule has 116 valence electrons. The average molecular weight is 327 g/mol. The van der Waals surface area contributed by atoms with E-state index in [-0.39, 0.29) is 4.90 Å². The minimum absolute atomic E-state index is 0.286. The maximum Gasteiger partial charge on any atom is 0.242 e. The molecule has 0 amide bonds. The van der Waals surface area contributed by atoms with Gasteiger partial charge in [-0.15, -0.1) is 0 Å². The second-order valence-corrected chi connectivity index (χ2v) is 7.72. The van der Waals surface area contributed by atoms with Crippen molar-refractivity contribution in [1.29, 1.82) is 0 Å². The third-order valence-electron chi connectivity index (χ3n) is 3.01. The molecule has 7 heteroatoms. The minimum atomic E-state index is -3.44. The Kier molecular flexibility index (Phi) is 5.58. The summed E-state index contributed by atoms with van der Waals surface area (Å²) in [5.41, 5.74) is 2.01. The topological polar surface area (TPSA) is 74.0 Å². The summed E-state index contributed by atoms with van der Waals surface area (Å²) in [6, 6.07) is 4.03. The second-order valence-electron chi connectivity index (χ2n) is 5.18. The fourth-order valence-electron chi connectivity index (χ4n) is 1.84. The van der Waals surface area contributed by atoms with E-state index in [0.717, 1.165) is 11.3 Å². The molecule has 0 aliphatic rings. The Hall–Kier alpha value is -1.15. The number of sulfonamides is 1. The van der Waals surface area contributed by atoms with Gasteiger partial charge in [0.05, 0.1) is 4.90 Å². The lowest BCUT2D eigenvalue weighted by atomic mass is 10.2. The maximum atomic E-state index is 12.2. The van der Waals surface area contributed by atoms with Gasteiger partial charge in [0, 0.05) is 31.0 Å². The van der Waals surface area contributed by atoms with Gasteiger partial charge < -0.3 is 10.3 Å². The molecule has 2 heterocycles. The van der Waals surface area contributed by atoms with Crippen LogP contribution in [-0.2, 0) is 23.0 Å². The van der Waals surface area contributed by atoms with Crippen molar-refractivity contribution >= 4 is 21.4 Å². The minimum Gasteiger partial charge on any atom is -0.363 e. The van der Waals surface area contributed by atoms with Crippen LogP contribution in [0.25, 0.3) is 0 Å². The van der Waals surface area contributed by atoms with E-state index in [2.05, 4.69) is 15.0 Å². The Bertz CT molecular complexity index is 646. The molecule has 2 aromatic heterocycles. The highest BCUT2D eigenvalue weighted by Crippen LogP contribution is 2.11. The first-order valence-corrected chi connectivity index (χ1v) is 9.31. The van der Waals surface area contributed by atoms with Gasteiger partial charge in [0.1, 0.15) is 0 Å². The number of aromatic amines is 1. The lowest BCUT2D eigenvalue weighted by Gasteiger charge is -2.05. The summed E-state index contributed by atoms with van der Waals surface area (Å²) in [5, 5.41) is 7.26. The lowest BCUT2D eigenvalue weighted by molar-refractivity contribution is 0.580. The van der Waals surface area contributed by atoms with Crippen LogP contribution in [0.15, 0.2) is 34.0 Å². The summed E-state index contributed by atoms with van der Waals surface area (Å²) >= 11 is 1.62. The molecule has 0 aromatic carbocycles. The predicted octanol–water partition coefficient (Wildman–Crippen LogP) is 2.10. The molecular weight excluding hydrogens is 306 g/mol. The summed E-state index contributed by atoms with van der Waals surface area (Å²) in [6.45, 7) is 5.13. The highest BCUT2D eigenvalue weighted by molar-refractivity contribution is 7.89.